The second-order valence-corrected chi connectivity index (χ2v) is 9.13. The van der Waals surface area contributed by atoms with Crippen LogP contribution in [-0.2, 0) is 9.84 Å². The second kappa shape index (κ2) is 7.18. The van der Waals surface area contributed by atoms with E-state index in [1.165, 1.54) is 23.5 Å². The van der Waals surface area contributed by atoms with E-state index in [0.717, 1.165) is 28.3 Å². The fraction of sp³-hybridized carbons (Fsp3) is 0.0476. The molecule has 0 spiro atoms. The number of carbonyl (C=O) groups excluding carboxylic acids is 1. The predicted molar refractivity (Wildman–Crippen MR) is 113 cm³/mol. The minimum Gasteiger partial charge on any atom is -0.298 e. The van der Waals surface area contributed by atoms with Gasteiger partial charge in [-0.05, 0) is 22.9 Å². The van der Waals surface area contributed by atoms with Gasteiger partial charge in [-0.3, -0.25) is 10.1 Å². The molecule has 28 heavy (non-hydrogen) atoms. The van der Waals surface area contributed by atoms with E-state index in [1.807, 2.05) is 47.8 Å². The molecule has 0 aliphatic rings. The number of nitrogens with zero attached hydrogens (tertiary/aromatic N) is 1. The van der Waals surface area contributed by atoms with Crippen molar-refractivity contribution in [3.05, 3.63) is 77.7 Å². The van der Waals surface area contributed by atoms with Crippen LogP contribution in [0.25, 0.3) is 22.0 Å². The van der Waals surface area contributed by atoms with Crippen molar-refractivity contribution < 1.29 is 13.2 Å². The zero-order valence-corrected chi connectivity index (χ0v) is 16.5. The number of fused-ring (bicyclic) bond motifs is 1. The fourth-order valence-corrected chi connectivity index (χ4v) is 4.64. The second-order valence-electron chi connectivity index (χ2n) is 6.29. The van der Waals surface area contributed by atoms with E-state index in [-0.39, 0.29) is 10.5 Å². The summed E-state index contributed by atoms with van der Waals surface area (Å²) in [5, 5.41) is 7.19. The molecule has 0 atom stereocenters. The smallest absolute Gasteiger partial charge is 0.258 e. The Bertz CT molecular complexity index is 1290. The molecule has 0 aliphatic carbocycles. The van der Waals surface area contributed by atoms with Gasteiger partial charge in [0.2, 0.25) is 0 Å². The molecule has 4 aromatic rings. The summed E-state index contributed by atoms with van der Waals surface area (Å²) in [7, 11) is -3.51. The first kappa shape index (κ1) is 18.3. The van der Waals surface area contributed by atoms with Crippen LogP contribution in [0, 0.1) is 0 Å². The number of benzene rings is 3. The molecule has 0 aliphatic heterocycles. The van der Waals surface area contributed by atoms with Crippen LogP contribution in [0.2, 0.25) is 0 Å². The van der Waals surface area contributed by atoms with Gasteiger partial charge >= 0.3 is 0 Å². The molecule has 3 aromatic carbocycles. The topological polar surface area (TPSA) is 76.1 Å². The summed E-state index contributed by atoms with van der Waals surface area (Å²) in [5.74, 6) is -0.500. The molecule has 0 fully saturated rings. The standard InChI is InChI=1S/C21H16N2O3S2/c1-28(25,26)19-12-5-4-10-17(19)20(24)23-21-22-18(13-27-21)16-11-6-8-14-7-2-3-9-15(14)16/h2-13H,1H3,(H,22,23,24). The molecule has 4 rings (SSSR count). The Morgan fingerprint density at radius 1 is 0.964 bits per heavy atom. The van der Waals surface area contributed by atoms with Gasteiger partial charge in [-0.2, -0.15) is 0 Å². The normalized spacial score (nSPS) is 11.5. The highest BCUT2D eigenvalue weighted by molar-refractivity contribution is 7.90. The third kappa shape index (κ3) is 3.54. The van der Waals surface area contributed by atoms with Crippen LogP contribution in [0.5, 0.6) is 0 Å². The predicted octanol–water partition coefficient (Wildman–Crippen LogP) is 4.62. The summed E-state index contributed by atoms with van der Waals surface area (Å²) >= 11 is 1.30. The van der Waals surface area contributed by atoms with Gasteiger partial charge in [-0.1, -0.05) is 54.6 Å². The van der Waals surface area contributed by atoms with Crippen LogP contribution in [0.4, 0.5) is 5.13 Å². The quantitative estimate of drug-likeness (QED) is 0.535. The average molecular weight is 409 g/mol. The van der Waals surface area contributed by atoms with Crippen molar-refractivity contribution in [1.29, 1.82) is 0 Å². The van der Waals surface area contributed by atoms with Crippen molar-refractivity contribution in [2.75, 3.05) is 11.6 Å². The van der Waals surface area contributed by atoms with E-state index in [0.29, 0.717) is 5.13 Å². The molecular formula is C21H16N2O3S2. The highest BCUT2D eigenvalue weighted by atomic mass is 32.2. The minimum atomic E-state index is -3.51. The lowest BCUT2D eigenvalue weighted by molar-refractivity contribution is 0.102. The molecule has 0 radical (unpaired) electrons. The Balaban J connectivity index is 1.65. The summed E-state index contributed by atoms with van der Waals surface area (Å²) in [5.41, 5.74) is 1.84. The third-order valence-corrected chi connectivity index (χ3v) is 6.23. The van der Waals surface area contributed by atoms with Gasteiger partial charge in [0.15, 0.2) is 15.0 Å². The van der Waals surface area contributed by atoms with Crippen molar-refractivity contribution >= 4 is 43.0 Å². The van der Waals surface area contributed by atoms with Gasteiger partial charge in [0.05, 0.1) is 16.2 Å². The maximum absolute atomic E-state index is 12.6. The number of rotatable bonds is 4. The molecule has 1 heterocycles. The van der Waals surface area contributed by atoms with E-state index in [4.69, 9.17) is 0 Å². The van der Waals surface area contributed by atoms with Crippen LogP contribution >= 0.6 is 11.3 Å². The van der Waals surface area contributed by atoms with Crippen molar-refractivity contribution in [2.24, 2.45) is 0 Å². The van der Waals surface area contributed by atoms with Crippen LogP contribution < -0.4 is 5.32 Å². The van der Waals surface area contributed by atoms with Crippen molar-refractivity contribution in [1.82, 2.24) is 4.98 Å². The Labute approximate surface area is 166 Å². The number of carbonyl (C=O) groups is 1. The number of hydrogen-bond donors (Lipinski definition) is 1. The highest BCUT2D eigenvalue weighted by Gasteiger charge is 2.19. The van der Waals surface area contributed by atoms with Crippen LogP contribution in [0.1, 0.15) is 10.4 Å². The molecule has 0 unspecified atom stereocenters. The first-order valence-electron chi connectivity index (χ1n) is 8.47. The lowest BCUT2D eigenvalue weighted by atomic mass is 10.0. The highest BCUT2D eigenvalue weighted by Crippen LogP contribution is 2.31. The van der Waals surface area contributed by atoms with Gasteiger partial charge in [-0.15, -0.1) is 11.3 Å². The number of sulfone groups is 1. The first-order chi connectivity index (χ1) is 13.4. The Morgan fingerprint density at radius 2 is 1.68 bits per heavy atom. The Kier molecular flexibility index (Phi) is 4.70. The van der Waals surface area contributed by atoms with E-state index in [2.05, 4.69) is 10.3 Å². The van der Waals surface area contributed by atoms with Gasteiger partial charge in [-0.25, -0.2) is 13.4 Å². The van der Waals surface area contributed by atoms with Crippen molar-refractivity contribution in [3.63, 3.8) is 0 Å². The molecule has 0 saturated carbocycles. The Morgan fingerprint density at radius 3 is 2.50 bits per heavy atom. The lowest BCUT2D eigenvalue weighted by Crippen LogP contribution is -2.15. The molecule has 0 saturated heterocycles. The number of hydrogen-bond acceptors (Lipinski definition) is 5. The van der Waals surface area contributed by atoms with Crippen LogP contribution in [-0.4, -0.2) is 25.6 Å². The number of aromatic nitrogens is 1. The van der Waals surface area contributed by atoms with E-state index in [1.54, 1.807) is 12.1 Å². The number of nitrogens with one attached hydrogen (secondary N) is 1. The van der Waals surface area contributed by atoms with Crippen LogP contribution in [0.15, 0.2) is 77.0 Å². The number of anilines is 1. The van der Waals surface area contributed by atoms with Crippen molar-refractivity contribution in [2.45, 2.75) is 4.90 Å². The van der Waals surface area contributed by atoms with E-state index in [9.17, 15) is 13.2 Å². The summed E-state index contributed by atoms with van der Waals surface area (Å²) in [6.07, 6.45) is 1.08. The van der Waals surface area contributed by atoms with E-state index >= 15 is 0 Å². The first-order valence-corrected chi connectivity index (χ1v) is 11.2. The molecule has 1 amide bonds. The van der Waals surface area contributed by atoms with Gasteiger partial charge in [0, 0.05) is 17.2 Å². The van der Waals surface area contributed by atoms with Crippen LogP contribution in [0.3, 0.4) is 0 Å². The Hall–Kier alpha value is -3.03. The average Bonchev–Trinajstić information content (AvgIpc) is 3.15. The minimum absolute atomic E-state index is 0.00154. The number of thiazole rings is 1. The molecule has 1 aromatic heterocycles. The maximum Gasteiger partial charge on any atom is 0.258 e. The maximum atomic E-state index is 12.6. The molecule has 7 heteroatoms. The zero-order valence-electron chi connectivity index (χ0n) is 14.9. The lowest BCUT2D eigenvalue weighted by Gasteiger charge is -2.07. The van der Waals surface area contributed by atoms with Gasteiger partial charge in [0.1, 0.15) is 0 Å². The molecule has 0 bridgehead atoms. The molecular weight excluding hydrogens is 392 g/mol. The third-order valence-electron chi connectivity index (χ3n) is 4.32. The van der Waals surface area contributed by atoms with Crippen molar-refractivity contribution in [3.8, 4) is 11.3 Å². The summed E-state index contributed by atoms with van der Waals surface area (Å²) in [6, 6.07) is 20.2. The summed E-state index contributed by atoms with van der Waals surface area (Å²) < 4.78 is 23.9. The number of amides is 1. The summed E-state index contributed by atoms with van der Waals surface area (Å²) in [6.45, 7) is 0. The SMILES string of the molecule is CS(=O)(=O)c1ccccc1C(=O)Nc1nc(-c2cccc3ccccc23)cs1. The van der Waals surface area contributed by atoms with E-state index < -0.39 is 15.7 Å². The molecule has 1 N–H and O–H groups in total. The molecule has 5 nitrogen and oxygen atoms in total. The largest absolute Gasteiger partial charge is 0.298 e. The monoisotopic (exact) mass is 408 g/mol. The van der Waals surface area contributed by atoms with Gasteiger partial charge in [0.25, 0.3) is 5.91 Å². The fourth-order valence-electron chi connectivity index (χ4n) is 3.05. The summed E-state index contributed by atoms with van der Waals surface area (Å²) in [4.78, 5) is 17.2. The molecule has 140 valence electrons. The van der Waals surface area contributed by atoms with Gasteiger partial charge < -0.3 is 0 Å². The zero-order chi connectivity index (χ0) is 19.7.